The predicted molar refractivity (Wildman–Crippen MR) is 78.6 cm³/mol. The maximum absolute atomic E-state index is 3.70. The minimum atomic E-state index is 0.362. The lowest BCUT2D eigenvalue weighted by Crippen LogP contribution is -2.43. The monoisotopic (exact) mass is 242 g/mol. The summed E-state index contributed by atoms with van der Waals surface area (Å²) < 4.78 is 0. The summed E-state index contributed by atoms with van der Waals surface area (Å²) in [5, 5.41) is 3.70. The quantitative estimate of drug-likeness (QED) is 0.665. The van der Waals surface area contributed by atoms with Crippen molar-refractivity contribution in [2.75, 3.05) is 26.2 Å². The molecule has 0 heterocycles. The van der Waals surface area contributed by atoms with E-state index in [0.29, 0.717) is 11.5 Å². The molecule has 0 spiro atoms. The Kier molecular flexibility index (Phi) is 8.89. The molecule has 0 saturated heterocycles. The molecule has 0 aromatic heterocycles. The third-order valence-electron chi connectivity index (χ3n) is 3.41. The number of nitrogens with zero attached hydrogens (tertiary/aromatic N) is 1. The summed E-state index contributed by atoms with van der Waals surface area (Å²) in [5.41, 5.74) is 0.362. The lowest BCUT2D eigenvalue weighted by molar-refractivity contribution is 0.208. The van der Waals surface area contributed by atoms with Crippen LogP contribution in [-0.4, -0.2) is 37.1 Å². The van der Waals surface area contributed by atoms with Gasteiger partial charge in [-0.15, -0.1) is 0 Å². The average molecular weight is 242 g/mol. The minimum absolute atomic E-state index is 0.362. The second kappa shape index (κ2) is 8.93. The van der Waals surface area contributed by atoms with Gasteiger partial charge in [-0.05, 0) is 50.9 Å². The van der Waals surface area contributed by atoms with Crippen molar-refractivity contribution < 1.29 is 0 Å². The second-order valence-corrected chi connectivity index (χ2v) is 6.10. The van der Waals surface area contributed by atoms with E-state index >= 15 is 0 Å². The van der Waals surface area contributed by atoms with Gasteiger partial charge >= 0.3 is 0 Å². The van der Waals surface area contributed by atoms with Gasteiger partial charge in [0, 0.05) is 6.04 Å². The molecule has 2 heteroatoms. The molecule has 104 valence electrons. The normalized spacial score (nSPS) is 14.3. The van der Waals surface area contributed by atoms with E-state index in [2.05, 4.69) is 51.8 Å². The highest BCUT2D eigenvalue weighted by molar-refractivity contribution is 4.81. The highest BCUT2D eigenvalue weighted by Crippen LogP contribution is 2.22. The molecular weight excluding hydrogens is 208 g/mol. The molecule has 0 saturated carbocycles. The smallest absolute Gasteiger partial charge is 0.0128 e. The van der Waals surface area contributed by atoms with Gasteiger partial charge in [-0.3, -0.25) is 0 Å². The summed E-state index contributed by atoms with van der Waals surface area (Å²) in [4.78, 5) is 2.56. The molecule has 0 aromatic rings. The number of nitrogens with one attached hydrogen (secondary N) is 1. The van der Waals surface area contributed by atoms with Gasteiger partial charge in [0.15, 0.2) is 0 Å². The molecule has 1 N–H and O–H groups in total. The number of hydrogen-bond donors (Lipinski definition) is 1. The van der Waals surface area contributed by atoms with Gasteiger partial charge in [0.1, 0.15) is 0 Å². The van der Waals surface area contributed by atoms with Crippen molar-refractivity contribution in [2.45, 2.75) is 66.8 Å². The lowest BCUT2D eigenvalue weighted by Gasteiger charge is -2.33. The van der Waals surface area contributed by atoms with E-state index in [-0.39, 0.29) is 0 Å². The van der Waals surface area contributed by atoms with E-state index < -0.39 is 0 Å². The highest BCUT2D eigenvalue weighted by atomic mass is 15.1. The van der Waals surface area contributed by atoms with Gasteiger partial charge in [-0.1, -0.05) is 41.5 Å². The second-order valence-electron chi connectivity index (χ2n) is 6.10. The summed E-state index contributed by atoms with van der Waals surface area (Å²) in [6.07, 6.45) is 3.74. The summed E-state index contributed by atoms with van der Waals surface area (Å²) >= 11 is 0. The molecule has 2 nitrogen and oxygen atoms in total. The molecule has 0 radical (unpaired) electrons. The van der Waals surface area contributed by atoms with E-state index in [1.165, 1.54) is 38.9 Å². The van der Waals surface area contributed by atoms with Gasteiger partial charge in [0.2, 0.25) is 0 Å². The van der Waals surface area contributed by atoms with Crippen LogP contribution in [0, 0.1) is 5.41 Å². The molecular formula is C15H34N2. The Morgan fingerprint density at radius 2 is 1.65 bits per heavy atom. The van der Waals surface area contributed by atoms with Crippen LogP contribution in [0.3, 0.4) is 0 Å². The lowest BCUT2D eigenvalue weighted by atomic mass is 9.84. The van der Waals surface area contributed by atoms with Gasteiger partial charge in [0.25, 0.3) is 0 Å². The highest BCUT2D eigenvalue weighted by Gasteiger charge is 2.23. The SMILES string of the molecule is CCCNC(CCN(CC)CCC)C(C)(C)C. The molecule has 0 bridgehead atoms. The maximum atomic E-state index is 3.70. The first-order chi connectivity index (χ1) is 7.95. The molecule has 0 aliphatic rings. The molecule has 0 rings (SSSR count). The fourth-order valence-electron chi connectivity index (χ4n) is 2.22. The zero-order valence-corrected chi connectivity index (χ0v) is 13.0. The van der Waals surface area contributed by atoms with Crippen molar-refractivity contribution in [3.8, 4) is 0 Å². The predicted octanol–water partition coefficient (Wildman–Crippen LogP) is 3.52. The van der Waals surface area contributed by atoms with Crippen molar-refractivity contribution >= 4 is 0 Å². The molecule has 0 aromatic carbocycles. The standard InChI is InChI=1S/C15H34N2/c1-7-11-16-14(15(4,5)6)10-13-17(9-3)12-8-2/h14,16H,7-13H2,1-6H3. The van der Waals surface area contributed by atoms with Crippen LogP contribution in [0.5, 0.6) is 0 Å². The molecule has 1 atom stereocenters. The largest absolute Gasteiger partial charge is 0.313 e. The number of hydrogen-bond acceptors (Lipinski definition) is 2. The molecule has 0 aliphatic heterocycles. The van der Waals surface area contributed by atoms with Crippen LogP contribution in [0.2, 0.25) is 0 Å². The Hall–Kier alpha value is -0.0800. The first-order valence-corrected chi connectivity index (χ1v) is 7.41. The van der Waals surface area contributed by atoms with Crippen LogP contribution in [0.1, 0.15) is 60.8 Å². The van der Waals surface area contributed by atoms with Crippen LogP contribution in [0.15, 0.2) is 0 Å². The van der Waals surface area contributed by atoms with Crippen molar-refractivity contribution in [3.05, 3.63) is 0 Å². The molecule has 1 unspecified atom stereocenters. The Balaban J connectivity index is 4.14. The zero-order chi connectivity index (χ0) is 13.3. The Bertz CT molecular complexity index is 172. The van der Waals surface area contributed by atoms with Crippen LogP contribution in [0.25, 0.3) is 0 Å². The first-order valence-electron chi connectivity index (χ1n) is 7.41. The summed E-state index contributed by atoms with van der Waals surface area (Å²) in [6, 6.07) is 0.633. The van der Waals surface area contributed by atoms with Crippen LogP contribution < -0.4 is 5.32 Å². The third-order valence-corrected chi connectivity index (χ3v) is 3.41. The molecule has 0 fully saturated rings. The van der Waals surface area contributed by atoms with Gasteiger partial charge in [-0.2, -0.15) is 0 Å². The van der Waals surface area contributed by atoms with Gasteiger partial charge in [0.05, 0.1) is 0 Å². The number of rotatable bonds is 9. The van der Waals surface area contributed by atoms with Crippen LogP contribution in [-0.2, 0) is 0 Å². The third kappa shape index (κ3) is 7.77. The fraction of sp³-hybridized carbons (Fsp3) is 1.00. The topological polar surface area (TPSA) is 15.3 Å². The van der Waals surface area contributed by atoms with E-state index in [9.17, 15) is 0 Å². The Morgan fingerprint density at radius 3 is 2.06 bits per heavy atom. The Labute approximate surface area is 109 Å². The fourth-order valence-corrected chi connectivity index (χ4v) is 2.22. The van der Waals surface area contributed by atoms with Crippen LogP contribution >= 0.6 is 0 Å². The van der Waals surface area contributed by atoms with Crippen molar-refractivity contribution in [3.63, 3.8) is 0 Å². The zero-order valence-electron chi connectivity index (χ0n) is 13.0. The van der Waals surface area contributed by atoms with Crippen molar-refractivity contribution in [2.24, 2.45) is 5.41 Å². The Morgan fingerprint density at radius 1 is 1.00 bits per heavy atom. The van der Waals surface area contributed by atoms with E-state index in [0.717, 1.165) is 6.54 Å². The summed E-state index contributed by atoms with van der Waals surface area (Å²) in [7, 11) is 0. The van der Waals surface area contributed by atoms with Crippen molar-refractivity contribution in [1.29, 1.82) is 0 Å². The molecule has 17 heavy (non-hydrogen) atoms. The van der Waals surface area contributed by atoms with Gasteiger partial charge < -0.3 is 10.2 Å². The van der Waals surface area contributed by atoms with Crippen LogP contribution in [0.4, 0.5) is 0 Å². The van der Waals surface area contributed by atoms with E-state index in [1.807, 2.05) is 0 Å². The summed E-state index contributed by atoms with van der Waals surface area (Å²) in [5.74, 6) is 0. The average Bonchev–Trinajstić information content (AvgIpc) is 2.25. The first kappa shape index (κ1) is 16.9. The van der Waals surface area contributed by atoms with Gasteiger partial charge in [-0.25, -0.2) is 0 Å². The summed E-state index contributed by atoms with van der Waals surface area (Å²) in [6.45, 7) is 18.6. The van der Waals surface area contributed by atoms with E-state index in [1.54, 1.807) is 0 Å². The van der Waals surface area contributed by atoms with E-state index in [4.69, 9.17) is 0 Å². The molecule has 0 amide bonds. The molecule has 0 aliphatic carbocycles. The maximum Gasteiger partial charge on any atom is 0.0128 e. The van der Waals surface area contributed by atoms with Crippen molar-refractivity contribution in [1.82, 2.24) is 10.2 Å². The minimum Gasteiger partial charge on any atom is -0.313 e.